The highest BCUT2D eigenvalue weighted by Gasteiger charge is 2.37. The van der Waals surface area contributed by atoms with Gasteiger partial charge < -0.3 is 19.9 Å². The van der Waals surface area contributed by atoms with Gasteiger partial charge in [-0.15, -0.1) is 0 Å². The fraction of sp³-hybridized carbons (Fsp3) is 0.333. The third-order valence-corrected chi connectivity index (χ3v) is 6.49. The van der Waals surface area contributed by atoms with Crippen LogP contribution in [0.3, 0.4) is 0 Å². The molecule has 0 spiro atoms. The monoisotopic (exact) mass is 428 g/mol. The van der Waals surface area contributed by atoms with E-state index in [4.69, 9.17) is 9.97 Å². The van der Waals surface area contributed by atoms with E-state index in [0.29, 0.717) is 18.9 Å². The number of nitrogens with one attached hydrogen (secondary N) is 1. The number of anilines is 1. The highest BCUT2D eigenvalue weighted by atomic mass is 16.3. The smallest absolute Gasteiger partial charge is 0.289 e. The summed E-state index contributed by atoms with van der Waals surface area (Å²) in [4.78, 5) is 34.5. The molecule has 2 aliphatic heterocycles. The van der Waals surface area contributed by atoms with Gasteiger partial charge in [0.1, 0.15) is 0 Å². The molecule has 2 N–H and O–H groups in total. The summed E-state index contributed by atoms with van der Waals surface area (Å²) in [5, 5.41) is 9.92. The first-order valence-electron chi connectivity index (χ1n) is 11.1. The van der Waals surface area contributed by atoms with Gasteiger partial charge >= 0.3 is 0 Å². The summed E-state index contributed by atoms with van der Waals surface area (Å²) in [5.74, 6) is 1.30. The number of aliphatic hydroxyl groups excluding tert-OH is 1. The van der Waals surface area contributed by atoms with Crippen molar-refractivity contribution in [2.45, 2.75) is 24.9 Å². The lowest BCUT2D eigenvalue weighted by molar-refractivity contribution is 0.0587. The Balaban J connectivity index is 1.27. The molecule has 8 nitrogen and oxygen atoms in total. The second-order valence-corrected chi connectivity index (χ2v) is 8.65. The normalized spacial score (nSPS) is 17.8. The van der Waals surface area contributed by atoms with Crippen LogP contribution in [-0.2, 0) is 0 Å². The first kappa shape index (κ1) is 19.2. The van der Waals surface area contributed by atoms with Gasteiger partial charge in [0.25, 0.3) is 5.91 Å². The quantitative estimate of drug-likeness (QED) is 0.521. The van der Waals surface area contributed by atoms with Crippen molar-refractivity contribution in [1.29, 1.82) is 0 Å². The van der Waals surface area contributed by atoms with Gasteiger partial charge in [-0.1, -0.05) is 24.3 Å². The SMILES string of the molecule is O=C(c1nc2ccccc2[nH]1)N1CC(c2nc3ccccc3nc2N2CCC(O)CC2)C1. The lowest BCUT2D eigenvalue weighted by atomic mass is 9.94. The highest BCUT2D eigenvalue weighted by molar-refractivity contribution is 5.94. The third-order valence-electron chi connectivity index (χ3n) is 6.49. The number of aromatic amines is 1. The number of hydrogen-bond acceptors (Lipinski definition) is 6. The molecule has 4 aromatic rings. The Morgan fingerprint density at radius 2 is 1.56 bits per heavy atom. The Hall–Kier alpha value is -3.52. The van der Waals surface area contributed by atoms with Crippen LogP contribution in [0.5, 0.6) is 0 Å². The zero-order valence-electron chi connectivity index (χ0n) is 17.6. The van der Waals surface area contributed by atoms with Crippen LogP contribution >= 0.6 is 0 Å². The molecule has 0 saturated carbocycles. The van der Waals surface area contributed by atoms with E-state index in [1.165, 1.54) is 0 Å². The van der Waals surface area contributed by atoms with E-state index in [0.717, 1.165) is 59.5 Å². The Morgan fingerprint density at radius 3 is 2.28 bits per heavy atom. The minimum atomic E-state index is -0.247. The van der Waals surface area contributed by atoms with Crippen LogP contribution in [0.1, 0.15) is 35.1 Å². The molecule has 0 atom stereocenters. The number of imidazole rings is 1. The summed E-state index contributed by atoms with van der Waals surface area (Å²) in [6.07, 6.45) is 1.22. The van der Waals surface area contributed by atoms with Crippen molar-refractivity contribution in [3.8, 4) is 0 Å². The van der Waals surface area contributed by atoms with Gasteiger partial charge in [0.2, 0.25) is 0 Å². The van der Waals surface area contributed by atoms with Crippen LogP contribution in [0.2, 0.25) is 0 Å². The molecular formula is C24H24N6O2. The lowest BCUT2D eigenvalue weighted by Crippen LogP contribution is -2.49. The van der Waals surface area contributed by atoms with Gasteiger partial charge in [-0.3, -0.25) is 4.79 Å². The summed E-state index contributed by atoms with van der Waals surface area (Å²) in [7, 11) is 0. The summed E-state index contributed by atoms with van der Waals surface area (Å²) >= 11 is 0. The molecule has 8 heteroatoms. The van der Waals surface area contributed by atoms with E-state index < -0.39 is 0 Å². The molecule has 6 rings (SSSR count). The summed E-state index contributed by atoms with van der Waals surface area (Å²) in [6, 6.07) is 15.6. The van der Waals surface area contributed by atoms with Gasteiger partial charge in [-0.2, -0.15) is 0 Å². The molecule has 4 heterocycles. The summed E-state index contributed by atoms with van der Waals surface area (Å²) in [5.41, 5.74) is 4.33. The molecule has 1 amide bonds. The zero-order chi connectivity index (χ0) is 21.7. The Morgan fingerprint density at radius 1 is 0.906 bits per heavy atom. The van der Waals surface area contributed by atoms with Crippen LogP contribution in [0.15, 0.2) is 48.5 Å². The van der Waals surface area contributed by atoms with Crippen molar-refractivity contribution in [2.75, 3.05) is 31.1 Å². The van der Waals surface area contributed by atoms with Crippen molar-refractivity contribution in [3.63, 3.8) is 0 Å². The van der Waals surface area contributed by atoms with E-state index in [2.05, 4.69) is 14.9 Å². The van der Waals surface area contributed by atoms with Crippen molar-refractivity contribution >= 4 is 33.8 Å². The van der Waals surface area contributed by atoms with Crippen molar-refractivity contribution < 1.29 is 9.90 Å². The number of carbonyl (C=O) groups is 1. The summed E-state index contributed by atoms with van der Waals surface area (Å²) in [6.45, 7) is 2.70. The molecule has 2 aromatic heterocycles. The van der Waals surface area contributed by atoms with Gasteiger partial charge in [0.15, 0.2) is 11.6 Å². The van der Waals surface area contributed by atoms with Gasteiger partial charge in [-0.25, -0.2) is 15.0 Å². The molecule has 2 aromatic carbocycles. The number of H-pyrrole nitrogens is 1. The van der Waals surface area contributed by atoms with Crippen molar-refractivity contribution in [2.24, 2.45) is 0 Å². The number of rotatable bonds is 3. The van der Waals surface area contributed by atoms with Gasteiger partial charge in [-0.05, 0) is 37.1 Å². The summed E-state index contributed by atoms with van der Waals surface area (Å²) < 4.78 is 0. The number of amides is 1. The highest BCUT2D eigenvalue weighted by Crippen LogP contribution is 2.34. The number of aliphatic hydroxyl groups is 1. The third kappa shape index (κ3) is 3.27. The van der Waals surface area contributed by atoms with Crippen molar-refractivity contribution in [1.82, 2.24) is 24.8 Å². The van der Waals surface area contributed by atoms with E-state index in [1.807, 2.05) is 53.4 Å². The second kappa shape index (κ2) is 7.56. The Bertz CT molecular complexity index is 1270. The molecule has 0 aliphatic carbocycles. The number of likely N-dealkylation sites (tertiary alicyclic amines) is 1. The fourth-order valence-corrected chi connectivity index (χ4v) is 4.61. The van der Waals surface area contributed by atoms with E-state index in [-0.39, 0.29) is 17.9 Å². The predicted molar refractivity (Wildman–Crippen MR) is 122 cm³/mol. The van der Waals surface area contributed by atoms with Crippen LogP contribution in [-0.4, -0.2) is 68.1 Å². The van der Waals surface area contributed by atoms with Crippen LogP contribution in [0, 0.1) is 0 Å². The van der Waals surface area contributed by atoms with Gasteiger partial charge in [0, 0.05) is 32.1 Å². The number of nitrogens with zero attached hydrogens (tertiary/aromatic N) is 5. The average Bonchev–Trinajstić information content (AvgIpc) is 3.23. The molecule has 2 saturated heterocycles. The van der Waals surface area contributed by atoms with Crippen LogP contribution in [0.4, 0.5) is 5.82 Å². The molecule has 2 aliphatic rings. The number of para-hydroxylation sites is 4. The Kier molecular flexibility index (Phi) is 4.53. The minimum absolute atomic E-state index is 0.0890. The number of benzene rings is 2. The number of fused-ring (bicyclic) bond motifs is 2. The lowest BCUT2D eigenvalue weighted by Gasteiger charge is -2.40. The van der Waals surface area contributed by atoms with Crippen molar-refractivity contribution in [3.05, 3.63) is 60.0 Å². The molecule has 2 fully saturated rings. The standard InChI is InChI=1S/C24H24N6O2/c31-16-9-11-29(12-10-16)23-21(25-17-5-1-4-8-20(17)28-23)15-13-30(14-15)24(32)22-26-18-6-2-3-7-19(18)27-22/h1-8,15-16,31H,9-14H2,(H,26,27). The molecular weight excluding hydrogens is 404 g/mol. The predicted octanol–water partition coefficient (Wildman–Crippen LogP) is 2.71. The largest absolute Gasteiger partial charge is 0.393 e. The van der Waals surface area contributed by atoms with Crippen LogP contribution in [0.25, 0.3) is 22.1 Å². The number of carbonyl (C=O) groups excluding carboxylic acids is 1. The molecule has 162 valence electrons. The molecule has 0 radical (unpaired) electrons. The molecule has 0 bridgehead atoms. The first-order valence-corrected chi connectivity index (χ1v) is 11.1. The van der Waals surface area contributed by atoms with E-state index in [9.17, 15) is 9.90 Å². The zero-order valence-corrected chi connectivity index (χ0v) is 17.6. The Labute approximate surface area is 184 Å². The van der Waals surface area contributed by atoms with E-state index >= 15 is 0 Å². The maximum atomic E-state index is 13.0. The molecule has 0 unspecified atom stereocenters. The topological polar surface area (TPSA) is 98.2 Å². The van der Waals surface area contributed by atoms with E-state index in [1.54, 1.807) is 0 Å². The minimum Gasteiger partial charge on any atom is -0.393 e. The first-order chi connectivity index (χ1) is 15.7. The maximum Gasteiger partial charge on any atom is 0.289 e. The fourth-order valence-electron chi connectivity index (χ4n) is 4.61. The van der Waals surface area contributed by atoms with Crippen LogP contribution < -0.4 is 4.90 Å². The number of hydrogen-bond donors (Lipinski definition) is 2. The average molecular weight is 428 g/mol. The number of piperidine rings is 1. The van der Waals surface area contributed by atoms with Gasteiger partial charge in [0.05, 0.1) is 33.9 Å². The number of aromatic nitrogens is 4. The molecule has 32 heavy (non-hydrogen) atoms. The second-order valence-electron chi connectivity index (χ2n) is 8.65. The maximum absolute atomic E-state index is 13.0.